The quantitative estimate of drug-likeness (QED) is 0.646. The Balaban J connectivity index is 1.94. The van der Waals surface area contributed by atoms with Crippen molar-refractivity contribution in [2.75, 3.05) is 11.1 Å². The predicted octanol–water partition coefficient (Wildman–Crippen LogP) is 2.49. The second-order valence-corrected chi connectivity index (χ2v) is 5.37. The number of benzene rings is 1. The number of hydrogen-bond acceptors (Lipinski definition) is 5. The van der Waals surface area contributed by atoms with Gasteiger partial charge in [-0.3, -0.25) is 4.79 Å². The zero-order chi connectivity index (χ0) is 14.1. The summed E-state index contributed by atoms with van der Waals surface area (Å²) in [6.45, 7) is 2.78. The standard InChI is InChI=1S/C14H14N4OS/c1-8-5-20-6-9(8)4-16-13-3-12-10(2-11(13)15)14(19)18-7-17-12/h2-3,5-7,16H,4,15H2,1H3,(H,17,18,19). The molecule has 0 fully saturated rings. The van der Waals surface area contributed by atoms with Crippen molar-refractivity contribution in [3.8, 4) is 0 Å². The molecule has 0 saturated carbocycles. The molecule has 3 aromatic rings. The van der Waals surface area contributed by atoms with Crippen molar-refractivity contribution in [1.29, 1.82) is 0 Å². The van der Waals surface area contributed by atoms with Gasteiger partial charge in [-0.15, -0.1) is 0 Å². The maximum Gasteiger partial charge on any atom is 0.258 e. The molecule has 1 aromatic carbocycles. The highest BCUT2D eigenvalue weighted by atomic mass is 32.1. The molecular formula is C14H14N4OS. The van der Waals surface area contributed by atoms with Crippen molar-refractivity contribution < 1.29 is 0 Å². The van der Waals surface area contributed by atoms with E-state index in [1.54, 1.807) is 17.4 Å². The molecule has 2 heterocycles. The molecule has 0 unspecified atom stereocenters. The van der Waals surface area contributed by atoms with Crippen molar-refractivity contribution in [3.05, 3.63) is 50.7 Å². The van der Waals surface area contributed by atoms with Crippen LogP contribution in [0, 0.1) is 6.92 Å². The molecule has 102 valence electrons. The molecule has 0 aliphatic rings. The Morgan fingerprint density at radius 1 is 1.40 bits per heavy atom. The molecular weight excluding hydrogens is 272 g/mol. The number of fused-ring (bicyclic) bond motifs is 1. The number of nitrogen functional groups attached to an aromatic ring is 1. The SMILES string of the molecule is Cc1cscc1CNc1cc2nc[nH]c(=O)c2cc1N. The lowest BCUT2D eigenvalue weighted by Crippen LogP contribution is -2.08. The molecule has 0 spiro atoms. The number of aromatic amines is 1. The Hall–Kier alpha value is -2.34. The first-order valence-corrected chi connectivity index (χ1v) is 7.12. The zero-order valence-electron chi connectivity index (χ0n) is 10.9. The number of anilines is 2. The summed E-state index contributed by atoms with van der Waals surface area (Å²) in [5, 5.41) is 8.03. The van der Waals surface area contributed by atoms with Gasteiger partial charge in [0.15, 0.2) is 0 Å². The van der Waals surface area contributed by atoms with Crippen LogP contribution in [0.3, 0.4) is 0 Å². The lowest BCUT2D eigenvalue weighted by molar-refractivity contribution is 1.13. The molecule has 0 bridgehead atoms. The number of thiophene rings is 1. The number of aryl methyl sites for hydroxylation is 1. The van der Waals surface area contributed by atoms with Crippen molar-refractivity contribution in [1.82, 2.24) is 9.97 Å². The summed E-state index contributed by atoms with van der Waals surface area (Å²) in [4.78, 5) is 18.4. The van der Waals surface area contributed by atoms with Crippen molar-refractivity contribution in [2.45, 2.75) is 13.5 Å². The molecule has 5 nitrogen and oxygen atoms in total. The lowest BCUT2D eigenvalue weighted by Gasteiger charge is -2.10. The van der Waals surface area contributed by atoms with Crippen LogP contribution in [-0.4, -0.2) is 9.97 Å². The van der Waals surface area contributed by atoms with Gasteiger partial charge in [-0.05, 0) is 40.9 Å². The first-order valence-electron chi connectivity index (χ1n) is 6.17. The summed E-state index contributed by atoms with van der Waals surface area (Å²) in [5.74, 6) is 0. The van der Waals surface area contributed by atoms with Crippen LogP contribution >= 0.6 is 11.3 Å². The molecule has 3 rings (SSSR count). The van der Waals surface area contributed by atoms with Gasteiger partial charge in [-0.2, -0.15) is 11.3 Å². The average Bonchev–Trinajstić information content (AvgIpc) is 2.83. The van der Waals surface area contributed by atoms with E-state index in [1.807, 2.05) is 6.07 Å². The van der Waals surface area contributed by atoms with Crippen molar-refractivity contribution >= 4 is 33.6 Å². The first kappa shape index (κ1) is 12.7. The Labute approximate surface area is 119 Å². The first-order chi connectivity index (χ1) is 9.65. The van der Waals surface area contributed by atoms with Crippen LogP contribution in [0.5, 0.6) is 0 Å². The van der Waals surface area contributed by atoms with Gasteiger partial charge in [-0.1, -0.05) is 0 Å². The highest BCUT2D eigenvalue weighted by Gasteiger charge is 2.06. The Morgan fingerprint density at radius 2 is 2.25 bits per heavy atom. The average molecular weight is 286 g/mol. The van der Waals surface area contributed by atoms with Crippen LogP contribution in [0.4, 0.5) is 11.4 Å². The smallest absolute Gasteiger partial charge is 0.258 e. The van der Waals surface area contributed by atoms with E-state index in [1.165, 1.54) is 17.5 Å². The monoisotopic (exact) mass is 286 g/mol. The van der Waals surface area contributed by atoms with E-state index in [4.69, 9.17) is 5.73 Å². The largest absolute Gasteiger partial charge is 0.397 e. The van der Waals surface area contributed by atoms with Gasteiger partial charge in [0.05, 0.1) is 28.6 Å². The summed E-state index contributed by atoms with van der Waals surface area (Å²) in [6, 6.07) is 3.46. The number of aromatic nitrogens is 2. The number of nitrogens with one attached hydrogen (secondary N) is 2. The zero-order valence-corrected chi connectivity index (χ0v) is 11.8. The third kappa shape index (κ3) is 2.25. The normalized spacial score (nSPS) is 10.8. The Morgan fingerprint density at radius 3 is 3.00 bits per heavy atom. The number of H-pyrrole nitrogens is 1. The van der Waals surface area contributed by atoms with Crippen LogP contribution in [0.15, 0.2) is 34.0 Å². The molecule has 20 heavy (non-hydrogen) atoms. The minimum atomic E-state index is -0.179. The third-order valence-corrected chi connectivity index (χ3v) is 4.15. The maximum absolute atomic E-state index is 11.7. The second kappa shape index (κ2) is 4.97. The van der Waals surface area contributed by atoms with Crippen LogP contribution in [0.1, 0.15) is 11.1 Å². The molecule has 0 aliphatic carbocycles. The Bertz CT molecular complexity index is 821. The summed E-state index contributed by atoms with van der Waals surface area (Å²) in [5.41, 5.74) is 10.3. The van der Waals surface area contributed by atoms with Crippen LogP contribution in [0.25, 0.3) is 10.9 Å². The highest BCUT2D eigenvalue weighted by molar-refractivity contribution is 7.08. The van der Waals surface area contributed by atoms with Gasteiger partial charge in [0.1, 0.15) is 0 Å². The van der Waals surface area contributed by atoms with E-state index in [2.05, 4.69) is 33.0 Å². The minimum absolute atomic E-state index is 0.179. The third-order valence-electron chi connectivity index (χ3n) is 3.24. The van der Waals surface area contributed by atoms with Crippen LogP contribution in [-0.2, 0) is 6.54 Å². The molecule has 4 N–H and O–H groups in total. The van der Waals surface area contributed by atoms with Crippen LogP contribution in [0.2, 0.25) is 0 Å². The molecule has 0 atom stereocenters. The topological polar surface area (TPSA) is 83.8 Å². The van der Waals surface area contributed by atoms with Gasteiger partial charge < -0.3 is 16.0 Å². The van der Waals surface area contributed by atoms with E-state index in [0.29, 0.717) is 23.1 Å². The second-order valence-electron chi connectivity index (χ2n) is 4.62. The fraction of sp³-hybridized carbons (Fsp3) is 0.143. The molecule has 0 saturated heterocycles. The number of hydrogen-bond donors (Lipinski definition) is 3. The van der Waals surface area contributed by atoms with E-state index < -0.39 is 0 Å². The fourth-order valence-corrected chi connectivity index (χ4v) is 2.90. The predicted molar refractivity (Wildman–Crippen MR) is 83.2 cm³/mol. The highest BCUT2D eigenvalue weighted by Crippen LogP contribution is 2.24. The minimum Gasteiger partial charge on any atom is -0.397 e. The summed E-state index contributed by atoms with van der Waals surface area (Å²) in [6.07, 6.45) is 1.40. The Kier molecular flexibility index (Phi) is 3.15. The lowest BCUT2D eigenvalue weighted by atomic mass is 10.1. The van der Waals surface area contributed by atoms with Crippen molar-refractivity contribution in [3.63, 3.8) is 0 Å². The maximum atomic E-state index is 11.7. The summed E-state index contributed by atoms with van der Waals surface area (Å²) < 4.78 is 0. The molecule has 2 aromatic heterocycles. The van der Waals surface area contributed by atoms with Gasteiger partial charge in [0.2, 0.25) is 0 Å². The summed E-state index contributed by atoms with van der Waals surface area (Å²) >= 11 is 1.68. The van der Waals surface area contributed by atoms with Crippen molar-refractivity contribution in [2.24, 2.45) is 0 Å². The van der Waals surface area contributed by atoms with E-state index in [-0.39, 0.29) is 5.56 Å². The molecule has 6 heteroatoms. The van der Waals surface area contributed by atoms with Gasteiger partial charge in [-0.25, -0.2) is 4.98 Å². The number of rotatable bonds is 3. The van der Waals surface area contributed by atoms with E-state index in [9.17, 15) is 4.79 Å². The number of nitrogens with two attached hydrogens (primary N) is 1. The van der Waals surface area contributed by atoms with E-state index in [0.717, 1.165) is 5.69 Å². The van der Waals surface area contributed by atoms with Crippen LogP contribution < -0.4 is 16.6 Å². The molecule has 0 aliphatic heterocycles. The molecule has 0 radical (unpaired) electrons. The summed E-state index contributed by atoms with van der Waals surface area (Å²) in [7, 11) is 0. The van der Waals surface area contributed by atoms with Gasteiger partial charge in [0, 0.05) is 6.54 Å². The number of nitrogens with zero attached hydrogens (tertiary/aromatic N) is 1. The van der Waals surface area contributed by atoms with Gasteiger partial charge >= 0.3 is 0 Å². The molecule has 0 amide bonds. The van der Waals surface area contributed by atoms with Gasteiger partial charge in [0.25, 0.3) is 5.56 Å². The fourth-order valence-electron chi connectivity index (χ4n) is 2.04. The van der Waals surface area contributed by atoms with E-state index >= 15 is 0 Å².